The first kappa shape index (κ1) is 26.3. The molecule has 0 saturated carbocycles. The van der Waals surface area contributed by atoms with E-state index < -0.39 is 5.91 Å². The molecule has 5 aromatic rings. The highest BCUT2D eigenvalue weighted by molar-refractivity contribution is 6.04. The van der Waals surface area contributed by atoms with Crippen LogP contribution in [-0.2, 0) is 11.3 Å². The van der Waals surface area contributed by atoms with Gasteiger partial charge in [0.1, 0.15) is 17.3 Å². The van der Waals surface area contributed by atoms with Gasteiger partial charge in [0.25, 0.3) is 5.91 Å². The molecule has 3 heterocycles. The molecule has 0 spiro atoms. The van der Waals surface area contributed by atoms with Gasteiger partial charge in [0.15, 0.2) is 11.5 Å². The van der Waals surface area contributed by atoms with E-state index in [9.17, 15) is 10.1 Å². The normalized spacial score (nSPS) is 12.1. The van der Waals surface area contributed by atoms with Gasteiger partial charge < -0.3 is 19.8 Å². The average molecular weight is 533 g/mol. The molecule has 2 N–H and O–H groups in total. The third kappa shape index (κ3) is 5.56. The largest absolute Gasteiger partial charge is 0.493 e. The summed E-state index contributed by atoms with van der Waals surface area (Å²) in [7, 11) is 3.12. The van der Waals surface area contributed by atoms with Crippen LogP contribution in [0.2, 0.25) is 0 Å². The number of nitrogens with one attached hydrogen (secondary N) is 2. The fourth-order valence-corrected chi connectivity index (χ4v) is 4.45. The molecule has 0 saturated heterocycles. The first-order valence-corrected chi connectivity index (χ1v) is 12.7. The number of nitrogens with zero attached hydrogens (tertiary/aromatic N) is 4. The van der Waals surface area contributed by atoms with E-state index in [0.717, 1.165) is 27.6 Å². The molecule has 9 heteroatoms. The molecule has 1 atom stereocenters. The van der Waals surface area contributed by atoms with Crippen LogP contribution in [0.1, 0.15) is 29.7 Å². The summed E-state index contributed by atoms with van der Waals surface area (Å²) in [4.78, 5) is 20.7. The molecule has 9 nitrogen and oxygen atoms in total. The number of methoxy groups -OCH3 is 2. The van der Waals surface area contributed by atoms with E-state index in [1.165, 1.54) is 0 Å². The molecule has 0 aliphatic carbocycles. The number of fused-ring (bicyclic) bond motifs is 1. The Balaban J connectivity index is 1.36. The number of hydrogen-bond donors (Lipinski definition) is 2. The molecule has 0 aliphatic heterocycles. The van der Waals surface area contributed by atoms with Crippen LogP contribution in [0.3, 0.4) is 0 Å². The Morgan fingerprint density at radius 1 is 1.10 bits per heavy atom. The van der Waals surface area contributed by atoms with E-state index in [2.05, 4.69) is 32.5 Å². The number of benzene rings is 2. The molecule has 3 aromatic heterocycles. The van der Waals surface area contributed by atoms with Crippen LogP contribution in [0.5, 0.6) is 11.5 Å². The van der Waals surface area contributed by atoms with E-state index in [1.807, 2.05) is 54.2 Å². The number of hydrogen-bond acceptors (Lipinski definition) is 6. The lowest BCUT2D eigenvalue weighted by molar-refractivity contribution is -0.117. The fraction of sp³-hybridized carbons (Fsp3) is 0.161. The van der Waals surface area contributed by atoms with Crippen molar-refractivity contribution >= 4 is 23.0 Å². The molecule has 0 fully saturated rings. The second-order valence-corrected chi connectivity index (χ2v) is 9.26. The lowest BCUT2D eigenvalue weighted by Gasteiger charge is -2.16. The van der Waals surface area contributed by atoms with Gasteiger partial charge in [-0.2, -0.15) is 10.4 Å². The van der Waals surface area contributed by atoms with Gasteiger partial charge >= 0.3 is 0 Å². The van der Waals surface area contributed by atoms with Gasteiger partial charge in [0.05, 0.1) is 33.0 Å². The van der Waals surface area contributed by atoms with E-state index in [0.29, 0.717) is 29.3 Å². The van der Waals surface area contributed by atoms with Crippen molar-refractivity contribution < 1.29 is 14.3 Å². The van der Waals surface area contributed by atoms with Crippen molar-refractivity contribution in [2.24, 2.45) is 0 Å². The predicted molar refractivity (Wildman–Crippen MR) is 153 cm³/mol. The highest BCUT2D eigenvalue weighted by Crippen LogP contribution is 2.30. The molecular formula is C31H28N6O3. The van der Waals surface area contributed by atoms with Crippen molar-refractivity contribution in [3.63, 3.8) is 0 Å². The van der Waals surface area contributed by atoms with Gasteiger partial charge in [-0.05, 0) is 42.3 Å². The maximum atomic E-state index is 13.0. The fourth-order valence-electron chi connectivity index (χ4n) is 4.45. The molecule has 0 bridgehead atoms. The number of carbonyl (C=O) groups is 1. The molecule has 5 rings (SSSR count). The van der Waals surface area contributed by atoms with Crippen molar-refractivity contribution in [1.29, 1.82) is 5.26 Å². The lowest BCUT2D eigenvalue weighted by Crippen LogP contribution is -2.27. The number of carbonyl (C=O) groups excluding carboxylic acids is 1. The van der Waals surface area contributed by atoms with E-state index in [1.54, 1.807) is 51.0 Å². The highest BCUT2D eigenvalue weighted by atomic mass is 16.5. The molecule has 40 heavy (non-hydrogen) atoms. The van der Waals surface area contributed by atoms with Crippen LogP contribution in [-0.4, -0.2) is 39.9 Å². The molecule has 0 aliphatic rings. The van der Waals surface area contributed by atoms with E-state index in [-0.39, 0.29) is 11.6 Å². The number of ether oxygens (including phenoxy) is 2. The molecule has 0 radical (unpaired) electrons. The molecule has 2 aromatic carbocycles. The van der Waals surface area contributed by atoms with Gasteiger partial charge in [-0.15, -0.1) is 0 Å². The number of aromatic nitrogens is 4. The summed E-state index contributed by atoms with van der Waals surface area (Å²) in [5.41, 5.74) is 5.10. The van der Waals surface area contributed by atoms with Gasteiger partial charge in [-0.25, -0.2) is 4.98 Å². The number of nitriles is 1. The van der Waals surface area contributed by atoms with Crippen molar-refractivity contribution in [2.45, 2.75) is 19.5 Å². The van der Waals surface area contributed by atoms with Crippen molar-refractivity contribution in [3.05, 3.63) is 102 Å². The summed E-state index contributed by atoms with van der Waals surface area (Å²) in [5.74, 6) is 0.675. The van der Waals surface area contributed by atoms with Crippen molar-refractivity contribution in [3.8, 4) is 28.7 Å². The van der Waals surface area contributed by atoms with Crippen molar-refractivity contribution in [1.82, 2.24) is 25.1 Å². The first-order valence-electron chi connectivity index (χ1n) is 12.7. The Kier molecular flexibility index (Phi) is 7.60. The Bertz CT molecular complexity index is 1730. The minimum atomic E-state index is -0.481. The van der Waals surface area contributed by atoms with Gasteiger partial charge in [0.2, 0.25) is 0 Å². The summed E-state index contributed by atoms with van der Waals surface area (Å²) in [6.45, 7) is 2.50. The molecule has 200 valence electrons. The highest BCUT2D eigenvalue weighted by Gasteiger charge is 2.17. The topological polar surface area (TPSA) is 118 Å². The average Bonchev–Trinajstić information content (AvgIpc) is 3.62. The summed E-state index contributed by atoms with van der Waals surface area (Å²) in [6, 6.07) is 19.2. The Labute approximate surface area is 231 Å². The van der Waals surface area contributed by atoms with Crippen LogP contribution in [0.15, 0.2) is 85.0 Å². The number of pyridine rings is 1. The Morgan fingerprint density at radius 3 is 2.65 bits per heavy atom. The Morgan fingerprint density at radius 2 is 1.90 bits per heavy atom. The summed E-state index contributed by atoms with van der Waals surface area (Å²) >= 11 is 0. The van der Waals surface area contributed by atoms with Crippen LogP contribution in [0, 0.1) is 11.3 Å². The first-order chi connectivity index (χ1) is 19.5. The molecule has 1 amide bonds. The second-order valence-electron chi connectivity index (χ2n) is 9.26. The Hall–Kier alpha value is -5.36. The maximum absolute atomic E-state index is 13.0. The number of H-pyrrole nitrogens is 1. The minimum absolute atomic E-state index is 0.0192. The van der Waals surface area contributed by atoms with Gasteiger partial charge in [-0.1, -0.05) is 36.4 Å². The predicted octanol–water partition coefficient (Wildman–Crippen LogP) is 5.28. The van der Waals surface area contributed by atoms with Gasteiger partial charge in [0, 0.05) is 40.7 Å². The smallest absolute Gasteiger partial charge is 0.262 e. The van der Waals surface area contributed by atoms with E-state index >= 15 is 0 Å². The standard InChI is InChI=1S/C31H28N6O3/c1-20(22-9-10-28(39-2)29(13-22)40-3)36-31(38)23(14-32)11-25-16-34-30-27(25)12-24(15-33-30)26-17-35-37(19-26)18-21-7-5-4-6-8-21/h4-13,15-17,19-20H,18H2,1-3H3,(H,33,34)(H,36,38)/b23-11+/t20-/m1/s1. The zero-order valence-corrected chi connectivity index (χ0v) is 22.4. The summed E-state index contributed by atoms with van der Waals surface area (Å²) in [5, 5.41) is 18.0. The number of rotatable bonds is 9. The summed E-state index contributed by atoms with van der Waals surface area (Å²) < 4.78 is 12.5. The third-order valence-electron chi connectivity index (χ3n) is 6.64. The lowest BCUT2D eigenvalue weighted by atomic mass is 10.1. The minimum Gasteiger partial charge on any atom is -0.493 e. The zero-order chi connectivity index (χ0) is 28.1. The third-order valence-corrected chi connectivity index (χ3v) is 6.64. The SMILES string of the molecule is COc1ccc([C@@H](C)NC(=O)/C(C#N)=C/c2c[nH]c3ncc(-c4cnn(Cc5ccccc5)c4)cc23)cc1OC. The zero-order valence-electron chi connectivity index (χ0n) is 22.4. The van der Waals surface area contributed by atoms with Crippen molar-refractivity contribution in [2.75, 3.05) is 14.2 Å². The number of amides is 1. The second kappa shape index (κ2) is 11.6. The number of aromatic amines is 1. The quantitative estimate of drug-likeness (QED) is 0.197. The molecule has 0 unspecified atom stereocenters. The molecular weight excluding hydrogens is 504 g/mol. The van der Waals surface area contributed by atoms with Crippen LogP contribution in [0.25, 0.3) is 28.2 Å². The maximum Gasteiger partial charge on any atom is 0.262 e. The van der Waals surface area contributed by atoms with Crippen LogP contribution >= 0.6 is 0 Å². The monoisotopic (exact) mass is 532 g/mol. The van der Waals surface area contributed by atoms with Crippen LogP contribution in [0.4, 0.5) is 0 Å². The van der Waals surface area contributed by atoms with Crippen LogP contribution < -0.4 is 14.8 Å². The van der Waals surface area contributed by atoms with E-state index in [4.69, 9.17) is 9.47 Å². The van der Waals surface area contributed by atoms with Gasteiger partial charge in [-0.3, -0.25) is 9.48 Å². The summed E-state index contributed by atoms with van der Waals surface area (Å²) in [6.07, 6.45) is 8.86.